The highest BCUT2D eigenvalue weighted by Gasteiger charge is 2.42. The Hall–Kier alpha value is -0.120. The van der Waals surface area contributed by atoms with Gasteiger partial charge in [0.2, 0.25) is 0 Å². The molecule has 2 atom stereocenters. The molecule has 0 aromatic rings. The molecule has 1 fully saturated rings. The highest BCUT2D eigenvalue weighted by Crippen LogP contribution is 2.39. The van der Waals surface area contributed by atoms with Crippen LogP contribution in [0.4, 0.5) is 0 Å². The summed E-state index contributed by atoms with van der Waals surface area (Å²) in [6, 6.07) is 0.327. The average molecular weight is 215 g/mol. The van der Waals surface area contributed by atoms with Crippen LogP contribution in [0.3, 0.4) is 0 Å². The molecule has 0 saturated heterocycles. The molecule has 1 aliphatic rings. The van der Waals surface area contributed by atoms with Crippen LogP contribution in [0.2, 0.25) is 0 Å². The van der Waals surface area contributed by atoms with Crippen LogP contribution in [0, 0.1) is 11.8 Å². The van der Waals surface area contributed by atoms with Crippen molar-refractivity contribution in [1.82, 2.24) is 5.32 Å². The largest absolute Gasteiger partial charge is 0.394 e. The van der Waals surface area contributed by atoms with E-state index in [4.69, 9.17) is 4.74 Å². The van der Waals surface area contributed by atoms with Gasteiger partial charge in [-0.15, -0.1) is 0 Å². The van der Waals surface area contributed by atoms with Gasteiger partial charge in [0, 0.05) is 18.7 Å². The first kappa shape index (κ1) is 12.9. The highest BCUT2D eigenvalue weighted by atomic mass is 16.5. The molecule has 0 radical (unpaired) electrons. The van der Waals surface area contributed by atoms with E-state index in [9.17, 15) is 5.11 Å². The number of ether oxygens (including phenoxy) is 1. The van der Waals surface area contributed by atoms with Crippen LogP contribution < -0.4 is 5.32 Å². The first-order chi connectivity index (χ1) is 7.03. The molecular formula is C12H25NO2. The lowest BCUT2D eigenvalue weighted by Crippen LogP contribution is -2.55. The minimum absolute atomic E-state index is 0.118. The van der Waals surface area contributed by atoms with Crippen molar-refractivity contribution >= 4 is 0 Å². The molecule has 0 heterocycles. The summed E-state index contributed by atoms with van der Waals surface area (Å²) in [5.74, 6) is 1.16. The van der Waals surface area contributed by atoms with E-state index in [1.54, 1.807) is 7.11 Å². The normalized spacial score (nSPS) is 22.8. The molecule has 90 valence electrons. The molecule has 1 aliphatic carbocycles. The fourth-order valence-corrected chi connectivity index (χ4v) is 2.02. The summed E-state index contributed by atoms with van der Waals surface area (Å²) < 4.78 is 5.21. The predicted octanol–water partition coefficient (Wildman–Crippen LogP) is 1.41. The predicted molar refractivity (Wildman–Crippen MR) is 61.9 cm³/mol. The third-order valence-corrected chi connectivity index (χ3v) is 3.47. The second-order valence-corrected chi connectivity index (χ2v) is 5.30. The van der Waals surface area contributed by atoms with Gasteiger partial charge in [-0.1, -0.05) is 13.8 Å². The van der Waals surface area contributed by atoms with Gasteiger partial charge in [-0.25, -0.2) is 0 Å². The van der Waals surface area contributed by atoms with Crippen LogP contribution in [0.1, 0.15) is 33.6 Å². The van der Waals surface area contributed by atoms with Gasteiger partial charge in [-0.05, 0) is 31.6 Å². The number of aliphatic hydroxyl groups is 1. The van der Waals surface area contributed by atoms with E-state index >= 15 is 0 Å². The Morgan fingerprint density at radius 3 is 2.40 bits per heavy atom. The molecule has 0 aromatic carbocycles. The van der Waals surface area contributed by atoms with Gasteiger partial charge in [0.15, 0.2) is 0 Å². The zero-order valence-corrected chi connectivity index (χ0v) is 10.4. The lowest BCUT2D eigenvalue weighted by Gasteiger charge is -2.35. The zero-order chi connectivity index (χ0) is 11.5. The lowest BCUT2D eigenvalue weighted by molar-refractivity contribution is 0.0893. The van der Waals surface area contributed by atoms with Crippen LogP contribution in [0.5, 0.6) is 0 Å². The molecular weight excluding hydrogens is 190 g/mol. The maximum atomic E-state index is 9.49. The zero-order valence-electron chi connectivity index (χ0n) is 10.4. The molecule has 1 rings (SSSR count). The number of hydrogen-bond donors (Lipinski definition) is 2. The molecule has 0 spiro atoms. The van der Waals surface area contributed by atoms with Crippen LogP contribution in [-0.4, -0.2) is 37.0 Å². The summed E-state index contributed by atoms with van der Waals surface area (Å²) in [4.78, 5) is 0. The van der Waals surface area contributed by atoms with Crippen molar-refractivity contribution in [2.24, 2.45) is 11.8 Å². The Bertz CT molecular complexity index is 192. The van der Waals surface area contributed by atoms with E-state index < -0.39 is 0 Å². The summed E-state index contributed by atoms with van der Waals surface area (Å²) in [7, 11) is 1.73. The Balaban J connectivity index is 2.53. The van der Waals surface area contributed by atoms with Crippen molar-refractivity contribution in [3.8, 4) is 0 Å². The van der Waals surface area contributed by atoms with Gasteiger partial charge in [-0.2, -0.15) is 0 Å². The summed E-state index contributed by atoms with van der Waals surface area (Å²) in [5, 5.41) is 13.1. The first-order valence-electron chi connectivity index (χ1n) is 5.91. The molecule has 0 aromatic heterocycles. The van der Waals surface area contributed by atoms with Crippen LogP contribution >= 0.6 is 0 Å². The fourth-order valence-electron chi connectivity index (χ4n) is 2.02. The third kappa shape index (κ3) is 3.44. The van der Waals surface area contributed by atoms with Crippen molar-refractivity contribution < 1.29 is 9.84 Å². The molecule has 0 aliphatic heterocycles. The lowest BCUT2D eigenvalue weighted by atomic mass is 9.93. The quantitative estimate of drug-likeness (QED) is 0.674. The molecule has 15 heavy (non-hydrogen) atoms. The van der Waals surface area contributed by atoms with E-state index in [0.717, 1.165) is 0 Å². The molecule has 2 N–H and O–H groups in total. The molecule has 0 amide bonds. The van der Waals surface area contributed by atoms with E-state index in [0.29, 0.717) is 24.5 Å². The maximum absolute atomic E-state index is 9.49. The molecule has 0 bridgehead atoms. The van der Waals surface area contributed by atoms with Gasteiger partial charge in [-0.3, -0.25) is 0 Å². The SMILES string of the molecule is COCC(NC(C)(CO)C1CC1)C(C)C. The first-order valence-corrected chi connectivity index (χ1v) is 5.91. The standard InChI is InChI=1S/C12H25NO2/c1-9(2)11(7-15-4)13-12(3,8-14)10-5-6-10/h9-11,13-14H,5-8H2,1-4H3. The van der Waals surface area contributed by atoms with Gasteiger partial charge in [0.25, 0.3) is 0 Å². The minimum Gasteiger partial charge on any atom is -0.394 e. The van der Waals surface area contributed by atoms with Crippen molar-refractivity contribution in [2.75, 3.05) is 20.3 Å². The van der Waals surface area contributed by atoms with Crippen molar-refractivity contribution in [2.45, 2.75) is 45.2 Å². The number of rotatable bonds is 7. The fraction of sp³-hybridized carbons (Fsp3) is 1.00. The van der Waals surface area contributed by atoms with E-state index in [1.807, 2.05) is 0 Å². The van der Waals surface area contributed by atoms with Crippen LogP contribution in [-0.2, 0) is 4.74 Å². The molecule has 3 heteroatoms. The van der Waals surface area contributed by atoms with Gasteiger partial charge in [0.05, 0.1) is 13.2 Å². The molecule has 1 saturated carbocycles. The number of nitrogens with one attached hydrogen (secondary N) is 1. The minimum atomic E-state index is -0.118. The van der Waals surface area contributed by atoms with Crippen LogP contribution in [0.25, 0.3) is 0 Å². The summed E-state index contributed by atoms with van der Waals surface area (Å²) in [5.41, 5.74) is -0.118. The van der Waals surface area contributed by atoms with E-state index in [1.165, 1.54) is 12.8 Å². The Morgan fingerprint density at radius 1 is 1.47 bits per heavy atom. The smallest absolute Gasteiger partial charge is 0.0618 e. The number of aliphatic hydroxyl groups excluding tert-OH is 1. The topological polar surface area (TPSA) is 41.5 Å². The number of hydrogen-bond acceptors (Lipinski definition) is 3. The second kappa shape index (κ2) is 5.28. The van der Waals surface area contributed by atoms with Gasteiger partial charge in [0.1, 0.15) is 0 Å². The molecule has 2 unspecified atom stereocenters. The Labute approximate surface area is 93.2 Å². The van der Waals surface area contributed by atoms with Crippen molar-refractivity contribution in [3.63, 3.8) is 0 Å². The number of methoxy groups -OCH3 is 1. The van der Waals surface area contributed by atoms with Crippen molar-refractivity contribution in [1.29, 1.82) is 0 Å². The Kier molecular flexibility index (Phi) is 4.56. The van der Waals surface area contributed by atoms with E-state index in [-0.39, 0.29) is 12.1 Å². The summed E-state index contributed by atoms with van der Waals surface area (Å²) in [6.07, 6.45) is 2.48. The Morgan fingerprint density at radius 2 is 2.07 bits per heavy atom. The summed E-state index contributed by atoms with van der Waals surface area (Å²) in [6.45, 7) is 7.41. The second-order valence-electron chi connectivity index (χ2n) is 5.30. The highest BCUT2D eigenvalue weighted by molar-refractivity contribution is 4.99. The van der Waals surface area contributed by atoms with Gasteiger partial charge >= 0.3 is 0 Å². The maximum Gasteiger partial charge on any atom is 0.0618 e. The summed E-state index contributed by atoms with van der Waals surface area (Å²) >= 11 is 0. The van der Waals surface area contributed by atoms with Crippen LogP contribution in [0.15, 0.2) is 0 Å². The third-order valence-electron chi connectivity index (χ3n) is 3.47. The van der Waals surface area contributed by atoms with Gasteiger partial charge < -0.3 is 15.2 Å². The van der Waals surface area contributed by atoms with Crippen molar-refractivity contribution in [3.05, 3.63) is 0 Å². The van der Waals surface area contributed by atoms with E-state index in [2.05, 4.69) is 26.1 Å². The molecule has 3 nitrogen and oxygen atoms in total. The average Bonchev–Trinajstić information content (AvgIpc) is 3.00. The monoisotopic (exact) mass is 215 g/mol.